The Morgan fingerprint density at radius 3 is 2.48 bits per heavy atom. The van der Waals surface area contributed by atoms with Gasteiger partial charge in [-0.25, -0.2) is 0 Å². The summed E-state index contributed by atoms with van der Waals surface area (Å²) in [4.78, 5) is 32.5. The van der Waals surface area contributed by atoms with Gasteiger partial charge in [0, 0.05) is 41.1 Å². The molecule has 1 amide bonds. The highest BCUT2D eigenvalue weighted by atomic mass is 32.2. The summed E-state index contributed by atoms with van der Waals surface area (Å²) in [5, 5.41) is 3.22. The van der Waals surface area contributed by atoms with Gasteiger partial charge in [0.2, 0.25) is 0 Å². The van der Waals surface area contributed by atoms with Crippen LogP contribution in [0, 0.1) is 5.92 Å². The number of rotatable bonds is 5. The number of amides is 1. The molecule has 0 radical (unpaired) electrons. The van der Waals surface area contributed by atoms with Crippen LogP contribution in [0.1, 0.15) is 40.6 Å². The smallest absolute Gasteiger partial charge is 0.251 e. The van der Waals surface area contributed by atoms with E-state index < -0.39 is 0 Å². The number of nitrogens with zero attached hydrogens (tertiary/aromatic N) is 2. The average Bonchev–Trinajstić information content (AvgIpc) is 2.69. The first-order valence-electron chi connectivity index (χ1n) is 9.36. The summed E-state index contributed by atoms with van der Waals surface area (Å²) < 4.78 is 0. The number of aromatic nitrogens is 1. The quantitative estimate of drug-likeness (QED) is 0.806. The maximum atomic E-state index is 12.6. The second-order valence-corrected chi connectivity index (χ2v) is 8.42. The zero-order valence-corrected chi connectivity index (χ0v) is 16.2. The second-order valence-electron chi connectivity index (χ2n) is 7.28. The molecule has 1 N–H and O–H groups in total. The molecule has 0 saturated carbocycles. The average molecular weight is 382 g/mol. The molecule has 3 saturated heterocycles. The fourth-order valence-corrected chi connectivity index (χ4v) is 4.70. The van der Waals surface area contributed by atoms with E-state index in [9.17, 15) is 9.59 Å². The zero-order valence-electron chi connectivity index (χ0n) is 15.4. The minimum absolute atomic E-state index is 0.00748. The van der Waals surface area contributed by atoms with Crippen molar-refractivity contribution in [1.82, 2.24) is 15.2 Å². The number of ketones is 1. The van der Waals surface area contributed by atoms with Gasteiger partial charge in [0.25, 0.3) is 5.91 Å². The van der Waals surface area contributed by atoms with E-state index in [0.717, 1.165) is 16.3 Å². The third-order valence-corrected chi connectivity index (χ3v) is 6.41. The lowest BCUT2D eigenvalue weighted by molar-refractivity contribution is 0.0620. The largest absolute Gasteiger partial charge is 0.348 e. The van der Waals surface area contributed by atoms with Crippen molar-refractivity contribution in [2.45, 2.75) is 35.6 Å². The molecule has 2 aromatic rings. The Labute approximate surface area is 163 Å². The topological polar surface area (TPSA) is 62.3 Å². The van der Waals surface area contributed by atoms with Crippen molar-refractivity contribution in [3.63, 3.8) is 0 Å². The second kappa shape index (κ2) is 7.82. The third-order valence-electron chi connectivity index (χ3n) is 5.42. The van der Waals surface area contributed by atoms with Crippen LogP contribution >= 0.6 is 11.8 Å². The molecule has 2 bridgehead atoms. The van der Waals surface area contributed by atoms with E-state index in [2.05, 4.69) is 15.2 Å². The molecule has 1 aromatic heterocycles. The molecule has 1 unspecified atom stereocenters. The summed E-state index contributed by atoms with van der Waals surface area (Å²) in [7, 11) is 0. The van der Waals surface area contributed by atoms with Gasteiger partial charge in [0.15, 0.2) is 5.78 Å². The molecule has 1 atom stereocenters. The molecule has 0 aliphatic carbocycles. The Morgan fingerprint density at radius 1 is 1.11 bits per heavy atom. The lowest BCUT2D eigenvalue weighted by atomic mass is 9.84. The highest BCUT2D eigenvalue weighted by molar-refractivity contribution is 7.99. The standard InChI is InChI=1S/C21H23N3O2S/c1-14(25)19-12-18(6-9-22-19)27-17-4-2-16(3-5-17)21(26)23-20-13-24-10-7-15(20)8-11-24/h2-6,9,12,15,20H,7-8,10-11,13H2,1H3,(H,23,26). The number of carbonyl (C=O) groups excluding carboxylic acids is 2. The summed E-state index contributed by atoms with van der Waals surface area (Å²) in [6.45, 7) is 4.83. The van der Waals surface area contributed by atoms with Crippen LogP contribution in [0.15, 0.2) is 52.4 Å². The van der Waals surface area contributed by atoms with Gasteiger partial charge in [-0.15, -0.1) is 0 Å². The van der Waals surface area contributed by atoms with Gasteiger partial charge in [-0.3, -0.25) is 14.6 Å². The molecular formula is C21H23N3O2S. The minimum Gasteiger partial charge on any atom is -0.348 e. The predicted molar refractivity (Wildman–Crippen MR) is 105 cm³/mol. The van der Waals surface area contributed by atoms with Gasteiger partial charge in [0.05, 0.1) is 0 Å². The number of hydrogen-bond donors (Lipinski definition) is 1. The highest BCUT2D eigenvalue weighted by Gasteiger charge is 2.34. The van der Waals surface area contributed by atoms with Crippen LogP contribution in [0.4, 0.5) is 0 Å². The van der Waals surface area contributed by atoms with E-state index in [0.29, 0.717) is 17.2 Å². The lowest BCUT2D eigenvalue weighted by Crippen LogP contribution is -2.57. The van der Waals surface area contributed by atoms with E-state index in [1.807, 2.05) is 30.3 Å². The van der Waals surface area contributed by atoms with Gasteiger partial charge >= 0.3 is 0 Å². The number of benzene rings is 1. The summed E-state index contributed by atoms with van der Waals surface area (Å²) in [6, 6.07) is 11.6. The Morgan fingerprint density at radius 2 is 1.85 bits per heavy atom. The monoisotopic (exact) mass is 381 g/mol. The highest BCUT2D eigenvalue weighted by Crippen LogP contribution is 2.29. The summed E-state index contributed by atoms with van der Waals surface area (Å²) >= 11 is 1.55. The van der Waals surface area contributed by atoms with Crippen molar-refractivity contribution in [3.05, 3.63) is 53.9 Å². The van der Waals surface area contributed by atoms with E-state index in [4.69, 9.17) is 0 Å². The van der Waals surface area contributed by atoms with Gasteiger partial charge < -0.3 is 10.2 Å². The summed E-state index contributed by atoms with van der Waals surface area (Å²) in [5.41, 5.74) is 1.16. The first kappa shape index (κ1) is 18.2. The van der Waals surface area contributed by atoms with Crippen LogP contribution in [-0.2, 0) is 0 Å². The van der Waals surface area contributed by atoms with Crippen molar-refractivity contribution < 1.29 is 9.59 Å². The van der Waals surface area contributed by atoms with Crippen LogP contribution in [-0.4, -0.2) is 47.3 Å². The van der Waals surface area contributed by atoms with E-state index in [1.165, 1.54) is 32.9 Å². The van der Waals surface area contributed by atoms with Crippen LogP contribution in [0.25, 0.3) is 0 Å². The molecule has 5 rings (SSSR count). The Bertz CT molecular complexity index is 845. The Hall–Kier alpha value is -2.18. The van der Waals surface area contributed by atoms with Crippen LogP contribution < -0.4 is 5.32 Å². The van der Waals surface area contributed by atoms with E-state index >= 15 is 0 Å². The van der Waals surface area contributed by atoms with Crippen molar-refractivity contribution in [3.8, 4) is 0 Å². The van der Waals surface area contributed by atoms with Gasteiger partial charge in [-0.2, -0.15) is 0 Å². The number of Topliss-reactive ketones (excluding diaryl/α,β-unsaturated/α-hetero) is 1. The lowest BCUT2D eigenvalue weighted by Gasteiger charge is -2.44. The van der Waals surface area contributed by atoms with E-state index in [1.54, 1.807) is 24.0 Å². The molecular weight excluding hydrogens is 358 g/mol. The van der Waals surface area contributed by atoms with E-state index in [-0.39, 0.29) is 17.7 Å². The molecule has 140 valence electrons. The molecule has 27 heavy (non-hydrogen) atoms. The predicted octanol–water partition coefficient (Wildman–Crippen LogP) is 3.26. The SMILES string of the molecule is CC(=O)c1cc(Sc2ccc(C(=O)NC3CN4CCC3CC4)cc2)ccn1. The molecule has 3 aliphatic rings. The molecule has 0 spiro atoms. The Balaban J connectivity index is 1.39. The van der Waals surface area contributed by atoms with Crippen molar-refractivity contribution in [2.24, 2.45) is 5.92 Å². The summed E-state index contributed by atoms with van der Waals surface area (Å²) in [5.74, 6) is 0.584. The molecule has 1 aromatic carbocycles. The molecule has 5 nitrogen and oxygen atoms in total. The molecule has 3 fully saturated rings. The normalized spacial score (nSPS) is 23.8. The van der Waals surface area contributed by atoms with Gasteiger partial charge in [-0.1, -0.05) is 11.8 Å². The fourth-order valence-electron chi connectivity index (χ4n) is 3.86. The number of pyridine rings is 1. The number of fused-ring (bicyclic) bond motifs is 3. The van der Waals surface area contributed by atoms with Crippen LogP contribution in [0.2, 0.25) is 0 Å². The molecule has 4 heterocycles. The minimum atomic E-state index is -0.0442. The fraction of sp³-hybridized carbons (Fsp3) is 0.381. The maximum absolute atomic E-state index is 12.6. The van der Waals surface area contributed by atoms with Crippen LogP contribution in [0.5, 0.6) is 0 Å². The summed E-state index contributed by atoms with van der Waals surface area (Å²) in [6.07, 6.45) is 4.03. The number of carbonyl (C=O) groups is 2. The first-order chi connectivity index (χ1) is 13.1. The van der Waals surface area contributed by atoms with Crippen molar-refractivity contribution >= 4 is 23.5 Å². The van der Waals surface area contributed by atoms with Crippen LogP contribution in [0.3, 0.4) is 0 Å². The zero-order chi connectivity index (χ0) is 18.8. The number of hydrogen-bond acceptors (Lipinski definition) is 5. The first-order valence-corrected chi connectivity index (χ1v) is 10.2. The Kier molecular flexibility index (Phi) is 5.27. The maximum Gasteiger partial charge on any atom is 0.251 e. The van der Waals surface area contributed by atoms with Crippen molar-refractivity contribution in [2.75, 3.05) is 19.6 Å². The molecule has 6 heteroatoms. The van der Waals surface area contributed by atoms with Gasteiger partial charge in [-0.05, 0) is 68.2 Å². The third kappa shape index (κ3) is 4.22. The van der Waals surface area contributed by atoms with Crippen molar-refractivity contribution in [1.29, 1.82) is 0 Å². The molecule has 3 aliphatic heterocycles. The van der Waals surface area contributed by atoms with Gasteiger partial charge in [0.1, 0.15) is 5.69 Å². The number of nitrogens with one attached hydrogen (secondary N) is 1. The number of piperidine rings is 3.